The minimum Gasteiger partial charge on any atom is -0.339 e. The highest BCUT2D eigenvalue weighted by Gasteiger charge is 2.26. The van der Waals surface area contributed by atoms with E-state index in [2.05, 4.69) is 37.5 Å². The van der Waals surface area contributed by atoms with Crippen LogP contribution in [0.5, 0.6) is 0 Å². The molecule has 0 saturated carbocycles. The second-order valence-electron chi connectivity index (χ2n) is 8.05. The topological polar surface area (TPSA) is 87.6 Å². The molecule has 1 aliphatic rings. The molecule has 1 N–H and O–H groups in total. The van der Waals surface area contributed by atoms with E-state index in [0.29, 0.717) is 10.6 Å². The zero-order valence-electron chi connectivity index (χ0n) is 17.6. The molecule has 0 spiro atoms. The van der Waals surface area contributed by atoms with Crippen molar-refractivity contribution in [3.63, 3.8) is 0 Å². The number of para-hydroxylation sites is 1. The largest absolute Gasteiger partial charge is 0.339 e. The van der Waals surface area contributed by atoms with E-state index in [0.717, 1.165) is 65.8 Å². The third kappa shape index (κ3) is 2.63. The molecule has 0 unspecified atom stereocenters. The Bertz CT molecular complexity index is 1510. The molecule has 1 saturated heterocycles. The lowest BCUT2D eigenvalue weighted by atomic mass is 10.2. The van der Waals surface area contributed by atoms with E-state index in [4.69, 9.17) is 27.3 Å². The monoisotopic (exact) mass is 434 g/mol. The Kier molecular flexibility index (Phi) is 3.93. The first-order chi connectivity index (χ1) is 15.0. The van der Waals surface area contributed by atoms with Crippen molar-refractivity contribution < 1.29 is 0 Å². The molecule has 158 valence electrons. The summed E-state index contributed by atoms with van der Waals surface area (Å²) in [4.78, 5) is 14.6. The molecule has 11 heteroatoms. The normalized spacial score (nSPS) is 15.6. The number of benzene rings is 1. The number of nitrogens with zero attached hydrogens (tertiary/aromatic N) is 9. The highest BCUT2D eigenvalue weighted by molar-refractivity contribution is 7.71. The van der Waals surface area contributed by atoms with Crippen LogP contribution in [0.4, 0.5) is 5.95 Å². The first-order valence-corrected chi connectivity index (χ1v) is 10.7. The van der Waals surface area contributed by atoms with E-state index in [1.165, 1.54) is 0 Å². The average Bonchev–Trinajstić information content (AvgIpc) is 3.40. The molecular weight excluding hydrogens is 412 g/mol. The number of nitrogens with one attached hydrogen (secondary N) is 1. The third-order valence-electron chi connectivity index (χ3n) is 6.06. The molecule has 0 atom stereocenters. The highest BCUT2D eigenvalue weighted by Crippen LogP contribution is 2.29. The second kappa shape index (κ2) is 6.59. The van der Waals surface area contributed by atoms with E-state index in [1.54, 1.807) is 0 Å². The Morgan fingerprint density at radius 2 is 1.81 bits per heavy atom. The molecule has 10 nitrogen and oxygen atoms in total. The summed E-state index contributed by atoms with van der Waals surface area (Å²) in [5.74, 6) is 2.30. The summed E-state index contributed by atoms with van der Waals surface area (Å²) < 4.78 is 6.33. The van der Waals surface area contributed by atoms with Crippen molar-refractivity contribution in [3.8, 4) is 11.5 Å². The molecule has 0 bridgehead atoms. The summed E-state index contributed by atoms with van der Waals surface area (Å²) in [6, 6.07) is 8.12. The zero-order chi connectivity index (χ0) is 21.3. The number of aromatic nitrogens is 8. The fraction of sp³-hybridized carbons (Fsp3) is 0.350. The Labute approximate surface area is 182 Å². The van der Waals surface area contributed by atoms with Gasteiger partial charge in [0, 0.05) is 38.6 Å². The number of anilines is 1. The van der Waals surface area contributed by atoms with Gasteiger partial charge < -0.3 is 14.4 Å². The summed E-state index contributed by atoms with van der Waals surface area (Å²) >= 11 is 5.33. The maximum absolute atomic E-state index is 5.33. The van der Waals surface area contributed by atoms with Crippen molar-refractivity contribution in [2.75, 3.05) is 38.1 Å². The first-order valence-electron chi connectivity index (χ1n) is 10.2. The van der Waals surface area contributed by atoms with Gasteiger partial charge in [-0.25, -0.2) is 14.4 Å². The van der Waals surface area contributed by atoms with Crippen molar-refractivity contribution in [3.05, 3.63) is 34.7 Å². The van der Waals surface area contributed by atoms with Gasteiger partial charge in [-0.1, -0.05) is 12.1 Å². The van der Waals surface area contributed by atoms with Crippen LogP contribution in [0.25, 0.3) is 33.8 Å². The number of aryl methyl sites for hydroxylation is 1. The SMILES string of the molecule is Cc1nc2n(nc3c4ccccc4nc(N4CCN(C)CC4)n32)c1-c1n[nH]c(=S)n1C. The summed E-state index contributed by atoms with van der Waals surface area (Å²) in [7, 11) is 4.04. The number of aromatic amines is 1. The van der Waals surface area contributed by atoms with E-state index in [-0.39, 0.29) is 0 Å². The van der Waals surface area contributed by atoms with Crippen molar-refractivity contribution in [2.24, 2.45) is 7.05 Å². The van der Waals surface area contributed by atoms with Gasteiger partial charge in [0.05, 0.1) is 11.2 Å². The molecule has 5 heterocycles. The molecule has 1 aliphatic heterocycles. The minimum atomic E-state index is 0.554. The van der Waals surface area contributed by atoms with Gasteiger partial charge in [0.2, 0.25) is 11.7 Å². The first kappa shape index (κ1) is 18.5. The highest BCUT2D eigenvalue weighted by atomic mass is 32.1. The minimum absolute atomic E-state index is 0.554. The molecule has 6 rings (SSSR count). The Hall–Kier alpha value is -3.31. The van der Waals surface area contributed by atoms with Gasteiger partial charge in [0.1, 0.15) is 5.69 Å². The van der Waals surface area contributed by atoms with Crippen LogP contribution in [-0.4, -0.2) is 76.9 Å². The lowest BCUT2D eigenvalue weighted by Gasteiger charge is -2.33. The molecule has 4 aromatic heterocycles. The van der Waals surface area contributed by atoms with E-state index in [9.17, 15) is 0 Å². The van der Waals surface area contributed by atoms with Gasteiger partial charge in [-0.05, 0) is 38.3 Å². The molecule has 31 heavy (non-hydrogen) atoms. The van der Waals surface area contributed by atoms with Crippen LogP contribution < -0.4 is 4.90 Å². The molecule has 5 aromatic rings. The number of piperazine rings is 1. The summed E-state index contributed by atoms with van der Waals surface area (Å²) in [5, 5.41) is 13.3. The van der Waals surface area contributed by atoms with Gasteiger partial charge in [0.25, 0.3) is 0 Å². The zero-order valence-corrected chi connectivity index (χ0v) is 18.4. The number of hydrogen-bond acceptors (Lipinski definition) is 7. The fourth-order valence-electron chi connectivity index (χ4n) is 4.29. The lowest BCUT2D eigenvalue weighted by molar-refractivity contribution is 0.311. The number of rotatable bonds is 2. The molecular formula is C20H22N10S. The smallest absolute Gasteiger partial charge is 0.240 e. The van der Waals surface area contributed by atoms with E-state index >= 15 is 0 Å². The summed E-state index contributed by atoms with van der Waals surface area (Å²) in [6.45, 7) is 5.76. The maximum Gasteiger partial charge on any atom is 0.240 e. The predicted octanol–water partition coefficient (Wildman–Crippen LogP) is 2.05. The van der Waals surface area contributed by atoms with Gasteiger partial charge in [0.15, 0.2) is 16.2 Å². The van der Waals surface area contributed by atoms with Crippen LogP contribution in [0.2, 0.25) is 0 Å². The molecule has 0 radical (unpaired) electrons. The lowest BCUT2D eigenvalue weighted by Crippen LogP contribution is -2.45. The van der Waals surface area contributed by atoms with Gasteiger partial charge in [-0.2, -0.15) is 9.61 Å². The fourth-order valence-corrected chi connectivity index (χ4v) is 4.42. The van der Waals surface area contributed by atoms with E-state index in [1.807, 2.05) is 41.3 Å². The Morgan fingerprint density at radius 1 is 1.03 bits per heavy atom. The molecule has 1 fully saturated rings. The van der Waals surface area contributed by atoms with Crippen molar-refractivity contribution in [1.29, 1.82) is 0 Å². The number of fused-ring (bicyclic) bond motifs is 5. The molecule has 1 aromatic carbocycles. The molecule has 0 amide bonds. The quantitative estimate of drug-likeness (QED) is 0.426. The van der Waals surface area contributed by atoms with Crippen LogP contribution >= 0.6 is 12.2 Å². The number of likely N-dealkylation sites (N-methyl/N-ethyl adjacent to an activating group) is 1. The van der Waals surface area contributed by atoms with Gasteiger partial charge in [-0.15, -0.1) is 5.10 Å². The summed E-state index contributed by atoms with van der Waals surface area (Å²) in [6.07, 6.45) is 0. The predicted molar refractivity (Wildman–Crippen MR) is 121 cm³/mol. The summed E-state index contributed by atoms with van der Waals surface area (Å²) in [5.41, 5.74) is 3.42. The van der Waals surface area contributed by atoms with Crippen LogP contribution in [0, 0.1) is 11.7 Å². The number of hydrogen-bond donors (Lipinski definition) is 1. The Morgan fingerprint density at radius 3 is 2.55 bits per heavy atom. The van der Waals surface area contributed by atoms with Crippen LogP contribution in [0.1, 0.15) is 5.69 Å². The van der Waals surface area contributed by atoms with Crippen LogP contribution in [0.3, 0.4) is 0 Å². The van der Waals surface area contributed by atoms with Gasteiger partial charge >= 0.3 is 0 Å². The number of H-pyrrole nitrogens is 1. The third-order valence-corrected chi connectivity index (χ3v) is 6.43. The van der Waals surface area contributed by atoms with Crippen molar-refractivity contribution in [2.45, 2.75) is 6.92 Å². The van der Waals surface area contributed by atoms with E-state index < -0.39 is 0 Å². The standard InChI is InChI=1S/C20H22N10S/c1-12-15(17-23-24-20(31)27(17)3)30-19(21-12)29-16(25-30)13-6-4-5-7-14(13)22-18(29)28-10-8-26(2)9-11-28/h4-7H,8-11H2,1-3H3,(H,24,31). The maximum atomic E-state index is 5.33. The average molecular weight is 435 g/mol. The Balaban J connectivity index is 1.70. The van der Waals surface area contributed by atoms with Crippen molar-refractivity contribution >= 4 is 40.5 Å². The second-order valence-corrected chi connectivity index (χ2v) is 8.43. The van der Waals surface area contributed by atoms with Crippen LogP contribution in [0.15, 0.2) is 24.3 Å². The number of imidazole rings is 1. The van der Waals surface area contributed by atoms with Gasteiger partial charge in [-0.3, -0.25) is 5.10 Å². The van der Waals surface area contributed by atoms with Crippen LogP contribution in [-0.2, 0) is 7.05 Å². The molecule has 0 aliphatic carbocycles. The van der Waals surface area contributed by atoms with Crippen molar-refractivity contribution in [1.82, 2.24) is 43.6 Å².